The van der Waals surface area contributed by atoms with Crippen molar-refractivity contribution in [3.05, 3.63) is 0 Å². The molecule has 1 saturated heterocycles. The van der Waals surface area contributed by atoms with Gasteiger partial charge in [-0.15, -0.1) is 0 Å². The van der Waals surface area contributed by atoms with Gasteiger partial charge in [0, 0.05) is 12.6 Å². The van der Waals surface area contributed by atoms with Crippen LogP contribution in [-0.4, -0.2) is 42.0 Å². The molecule has 4 heteroatoms. The van der Waals surface area contributed by atoms with Gasteiger partial charge in [-0.25, -0.2) is 0 Å². The molecule has 2 rings (SSSR count). The first-order valence-electron chi connectivity index (χ1n) is 8.39. The molecule has 1 aliphatic carbocycles. The summed E-state index contributed by atoms with van der Waals surface area (Å²) in [7, 11) is 0. The molecule has 116 valence electrons. The summed E-state index contributed by atoms with van der Waals surface area (Å²) >= 11 is 0. The number of nitrogens with zero attached hydrogens (tertiary/aromatic N) is 1. The van der Waals surface area contributed by atoms with Crippen LogP contribution in [0.15, 0.2) is 0 Å². The monoisotopic (exact) mass is 281 g/mol. The topological polar surface area (TPSA) is 58.4 Å². The molecule has 0 aromatic heterocycles. The third-order valence-corrected chi connectivity index (χ3v) is 5.05. The Bertz CT molecular complexity index is 330. The second-order valence-corrected chi connectivity index (χ2v) is 6.71. The molecule has 3 N–H and O–H groups in total. The Balaban J connectivity index is 2.10. The van der Waals surface area contributed by atoms with Crippen LogP contribution in [0.25, 0.3) is 0 Å². The molecule has 0 aromatic carbocycles. The zero-order valence-electron chi connectivity index (χ0n) is 13.2. The van der Waals surface area contributed by atoms with E-state index in [9.17, 15) is 4.79 Å². The third kappa shape index (κ3) is 3.53. The summed E-state index contributed by atoms with van der Waals surface area (Å²) in [4.78, 5) is 14.7. The fourth-order valence-corrected chi connectivity index (χ4v) is 3.51. The van der Waals surface area contributed by atoms with Crippen LogP contribution in [0.5, 0.6) is 0 Å². The maximum absolute atomic E-state index is 12.2. The molecule has 20 heavy (non-hydrogen) atoms. The van der Waals surface area contributed by atoms with Gasteiger partial charge in [-0.1, -0.05) is 19.8 Å². The van der Waals surface area contributed by atoms with E-state index in [1.807, 2.05) is 0 Å². The number of carbonyl (C=O) groups excluding carboxylic acids is 1. The average Bonchev–Trinajstić information content (AvgIpc) is 3.24. The van der Waals surface area contributed by atoms with Crippen LogP contribution in [-0.2, 0) is 4.79 Å². The van der Waals surface area contributed by atoms with E-state index in [1.54, 1.807) is 0 Å². The molecule has 2 aliphatic rings. The second-order valence-electron chi connectivity index (χ2n) is 6.71. The van der Waals surface area contributed by atoms with Crippen molar-refractivity contribution in [2.75, 3.05) is 19.6 Å². The molecule has 0 bridgehead atoms. The van der Waals surface area contributed by atoms with Crippen LogP contribution in [0.4, 0.5) is 0 Å². The van der Waals surface area contributed by atoms with Crippen molar-refractivity contribution in [1.29, 1.82) is 0 Å². The van der Waals surface area contributed by atoms with Gasteiger partial charge in [0.15, 0.2) is 0 Å². The molecule has 2 fully saturated rings. The maximum atomic E-state index is 12.2. The zero-order valence-corrected chi connectivity index (χ0v) is 13.2. The van der Waals surface area contributed by atoms with Gasteiger partial charge in [0.05, 0.1) is 0 Å². The van der Waals surface area contributed by atoms with E-state index in [2.05, 4.69) is 24.1 Å². The zero-order chi connectivity index (χ0) is 14.6. The summed E-state index contributed by atoms with van der Waals surface area (Å²) in [6.07, 6.45) is 8.44. The van der Waals surface area contributed by atoms with E-state index in [1.165, 1.54) is 25.7 Å². The Morgan fingerprint density at radius 1 is 1.30 bits per heavy atom. The molecule has 4 nitrogen and oxygen atoms in total. The lowest BCUT2D eigenvalue weighted by atomic mass is 9.90. The smallest absolute Gasteiger partial charge is 0.239 e. The highest BCUT2D eigenvalue weighted by molar-refractivity contribution is 5.86. The largest absolute Gasteiger partial charge is 0.368 e. The Morgan fingerprint density at radius 3 is 2.65 bits per heavy atom. The number of likely N-dealkylation sites (tertiary alicyclic amines) is 1. The quantitative estimate of drug-likeness (QED) is 0.749. The van der Waals surface area contributed by atoms with Crippen molar-refractivity contribution in [1.82, 2.24) is 10.2 Å². The van der Waals surface area contributed by atoms with Crippen LogP contribution in [0.1, 0.15) is 58.8 Å². The molecule has 1 amide bonds. The summed E-state index contributed by atoms with van der Waals surface area (Å²) in [5.74, 6) is 0.298. The fraction of sp³-hybridized carbons (Fsp3) is 0.938. The van der Waals surface area contributed by atoms with E-state index >= 15 is 0 Å². The van der Waals surface area contributed by atoms with E-state index in [4.69, 9.17) is 5.73 Å². The Morgan fingerprint density at radius 2 is 2.05 bits per heavy atom. The Kier molecular flexibility index (Phi) is 5.44. The number of amides is 1. The molecule has 1 aliphatic heterocycles. The van der Waals surface area contributed by atoms with Crippen molar-refractivity contribution in [2.24, 2.45) is 11.7 Å². The predicted octanol–water partition coefficient (Wildman–Crippen LogP) is 1.88. The molecular weight excluding hydrogens is 250 g/mol. The van der Waals surface area contributed by atoms with Gasteiger partial charge >= 0.3 is 0 Å². The van der Waals surface area contributed by atoms with Crippen LogP contribution in [0, 0.1) is 5.92 Å². The SMILES string of the molecule is CCCNC(CN1CCCCCC1C)(C(N)=O)C1CC1. The third-order valence-electron chi connectivity index (χ3n) is 5.05. The Hall–Kier alpha value is -0.610. The number of hydrogen-bond donors (Lipinski definition) is 2. The van der Waals surface area contributed by atoms with Crippen LogP contribution in [0.2, 0.25) is 0 Å². The van der Waals surface area contributed by atoms with Gasteiger partial charge in [0.2, 0.25) is 5.91 Å². The first-order chi connectivity index (χ1) is 9.60. The van der Waals surface area contributed by atoms with Crippen LogP contribution in [0.3, 0.4) is 0 Å². The van der Waals surface area contributed by atoms with Crippen molar-refractivity contribution < 1.29 is 4.79 Å². The van der Waals surface area contributed by atoms with Gasteiger partial charge in [0.25, 0.3) is 0 Å². The van der Waals surface area contributed by atoms with Gasteiger partial charge in [-0.3, -0.25) is 9.69 Å². The standard InChI is InChI=1S/C16H31N3O/c1-3-10-18-16(15(17)20,14-8-9-14)12-19-11-6-4-5-7-13(19)2/h13-14,18H,3-12H2,1-2H3,(H2,17,20). The van der Waals surface area contributed by atoms with Gasteiger partial charge in [-0.2, -0.15) is 0 Å². The predicted molar refractivity (Wildman–Crippen MR) is 82.4 cm³/mol. The Labute approximate surface area is 123 Å². The molecule has 0 radical (unpaired) electrons. The van der Waals surface area contributed by atoms with Crippen molar-refractivity contribution >= 4 is 5.91 Å². The molecule has 0 spiro atoms. The lowest BCUT2D eigenvalue weighted by Gasteiger charge is -2.39. The fourth-order valence-electron chi connectivity index (χ4n) is 3.51. The maximum Gasteiger partial charge on any atom is 0.239 e. The van der Waals surface area contributed by atoms with Gasteiger partial charge in [-0.05, 0) is 58.0 Å². The van der Waals surface area contributed by atoms with Crippen LogP contribution >= 0.6 is 0 Å². The number of nitrogens with two attached hydrogens (primary N) is 1. The normalized spacial score (nSPS) is 27.8. The van der Waals surface area contributed by atoms with E-state index in [-0.39, 0.29) is 5.91 Å². The minimum Gasteiger partial charge on any atom is -0.368 e. The summed E-state index contributed by atoms with van der Waals surface area (Å²) in [5, 5.41) is 3.52. The summed E-state index contributed by atoms with van der Waals surface area (Å²) in [5.41, 5.74) is 5.34. The molecule has 1 saturated carbocycles. The van der Waals surface area contributed by atoms with Crippen LogP contribution < -0.4 is 11.1 Å². The van der Waals surface area contributed by atoms with Crippen molar-refractivity contribution in [2.45, 2.75) is 70.4 Å². The molecule has 1 heterocycles. The number of rotatable bonds is 7. The summed E-state index contributed by atoms with van der Waals surface area (Å²) in [6.45, 7) is 7.22. The summed E-state index contributed by atoms with van der Waals surface area (Å²) < 4.78 is 0. The number of nitrogens with one attached hydrogen (secondary N) is 1. The molecular formula is C16H31N3O. The molecule has 0 aromatic rings. The molecule has 2 atom stereocenters. The van der Waals surface area contributed by atoms with E-state index in [0.29, 0.717) is 12.0 Å². The van der Waals surface area contributed by atoms with Crippen molar-refractivity contribution in [3.8, 4) is 0 Å². The second kappa shape index (κ2) is 6.90. The average molecular weight is 281 g/mol. The van der Waals surface area contributed by atoms with Gasteiger partial charge in [0.1, 0.15) is 5.54 Å². The minimum absolute atomic E-state index is 0.148. The highest BCUT2D eigenvalue weighted by Gasteiger charge is 2.50. The van der Waals surface area contributed by atoms with Crippen molar-refractivity contribution in [3.63, 3.8) is 0 Å². The number of carbonyl (C=O) groups is 1. The lowest BCUT2D eigenvalue weighted by molar-refractivity contribution is -0.126. The highest BCUT2D eigenvalue weighted by atomic mass is 16.1. The number of hydrogen-bond acceptors (Lipinski definition) is 3. The van der Waals surface area contributed by atoms with E-state index in [0.717, 1.165) is 38.9 Å². The molecule has 2 unspecified atom stereocenters. The number of primary amides is 1. The highest BCUT2D eigenvalue weighted by Crippen LogP contribution is 2.40. The lowest BCUT2D eigenvalue weighted by Crippen LogP contribution is -2.64. The minimum atomic E-state index is -0.491. The van der Waals surface area contributed by atoms with E-state index < -0.39 is 5.54 Å². The first kappa shape index (κ1) is 15.8. The van der Waals surface area contributed by atoms with Gasteiger partial charge < -0.3 is 11.1 Å². The summed E-state index contributed by atoms with van der Waals surface area (Å²) in [6, 6.07) is 0.568. The first-order valence-corrected chi connectivity index (χ1v) is 8.39.